The van der Waals surface area contributed by atoms with Gasteiger partial charge in [-0.1, -0.05) is 12.1 Å². The highest BCUT2D eigenvalue weighted by molar-refractivity contribution is 5.98. The maximum atomic E-state index is 13.9. The van der Waals surface area contributed by atoms with Crippen LogP contribution in [0.3, 0.4) is 0 Å². The molecular formula is C24H22F2N6O. The number of hydrogen-bond donors (Lipinski definition) is 3. The highest BCUT2D eigenvalue weighted by Gasteiger charge is 2.29. The predicted octanol–water partition coefficient (Wildman–Crippen LogP) is 4.09. The van der Waals surface area contributed by atoms with E-state index in [9.17, 15) is 13.6 Å². The Kier molecular flexibility index (Phi) is 6.47. The van der Waals surface area contributed by atoms with Gasteiger partial charge in [0.2, 0.25) is 0 Å². The van der Waals surface area contributed by atoms with Crippen LogP contribution in [0.5, 0.6) is 0 Å². The molecule has 1 saturated heterocycles. The predicted molar refractivity (Wildman–Crippen MR) is 122 cm³/mol. The Morgan fingerprint density at radius 2 is 1.94 bits per heavy atom. The molecule has 0 saturated carbocycles. The Balaban J connectivity index is 1.45. The van der Waals surface area contributed by atoms with Crippen molar-refractivity contribution in [2.75, 3.05) is 30.4 Å². The van der Waals surface area contributed by atoms with Gasteiger partial charge in [-0.2, -0.15) is 0 Å². The first kappa shape index (κ1) is 22.2. The number of halogens is 2. The van der Waals surface area contributed by atoms with Crippen LogP contribution in [-0.4, -0.2) is 35.5 Å². The molecule has 1 aliphatic heterocycles. The van der Waals surface area contributed by atoms with E-state index in [4.69, 9.17) is 12.3 Å². The molecule has 1 aromatic heterocycles. The Hall–Kier alpha value is -4.03. The van der Waals surface area contributed by atoms with Crippen LogP contribution in [0.25, 0.3) is 4.85 Å². The molecule has 1 aliphatic rings. The second-order valence-corrected chi connectivity index (χ2v) is 7.85. The van der Waals surface area contributed by atoms with Crippen molar-refractivity contribution < 1.29 is 13.6 Å². The van der Waals surface area contributed by atoms with E-state index in [0.29, 0.717) is 24.1 Å². The van der Waals surface area contributed by atoms with Crippen molar-refractivity contribution in [3.8, 4) is 0 Å². The number of amides is 1. The zero-order valence-electron chi connectivity index (χ0n) is 17.7. The largest absolute Gasteiger partial charge is 0.380 e. The van der Waals surface area contributed by atoms with Crippen molar-refractivity contribution in [3.05, 3.63) is 94.5 Å². The average Bonchev–Trinajstić information content (AvgIpc) is 2.77. The summed E-state index contributed by atoms with van der Waals surface area (Å²) >= 11 is 0. The van der Waals surface area contributed by atoms with Crippen LogP contribution in [0.2, 0.25) is 0 Å². The molecule has 1 amide bonds. The maximum Gasteiger partial charge on any atom is 0.270 e. The molecule has 0 spiro atoms. The SMILES string of the molecule is [C-]#[N+]CN1CC(c2ccc(Nc3cc(NCc4cc(F)ccc4F)c(C(N)=O)cn3)cc2)C1. The fourth-order valence-electron chi connectivity index (χ4n) is 3.72. The fourth-order valence-corrected chi connectivity index (χ4v) is 3.72. The van der Waals surface area contributed by atoms with Crippen LogP contribution < -0.4 is 16.4 Å². The standard InChI is InChI=1S/C24H22F2N6O/c1-28-14-32-12-17(13-32)15-2-5-19(6-3-15)31-23-9-22(20(11-30-23)24(27)33)29-10-16-8-18(25)4-7-21(16)26/h2-9,11,17H,10,12-14H2,(H2,27,33)(H2,29,30,31). The quantitative estimate of drug-likeness (QED) is 0.452. The number of hydrogen-bond acceptors (Lipinski definition) is 5. The van der Waals surface area contributed by atoms with Crippen LogP contribution in [0, 0.1) is 18.2 Å². The molecule has 9 heteroatoms. The maximum absolute atomic E-state index is 13.9. The molecule has 3 aromatic rings. The topological polar surface area (TPSA) is 87.6 Å². The normalized spacial score (nSPS) is 13.7. The third kappa shape index (κ3) is 5.25. The lowest BCUT2D eigenvalue weighted by Crippen LogP contribution is -2.44. The number of anilines is 3. The van der Waals surface area contributed by atoms with Crippen molar-refractivity contribution in [2.45, 2.75) is 12.5 Å². The molecule has 2 heterocycles. The molecule has 0 bridgehead atoms. The number of primary amides is 1. The number of aromatic nitrogens is 1. The zero-order chi connectivity index (χ0) is 23.4. The second kappa shape index (κ2) is 9.63. The van der Waals surface area contributed by atoms with Gasteiger partial charge >= 0.3 is 0 Å². The van der Waals surface area contributed by atoms with E-state index in [1.807, 2.05) is 24.3 Å². The summed E-state index contributed by atoms with van der Waals surface area (Å²) in [5.74, 6) is -0.909. The zero-order valence-corrected chi connectivity index (χ0v) is 17.7. The minimum Gasteiger partial charge on any atom is -0.380 e. The van der Waals surface area contributed by atoms with Gasteiger partial charge in [0.25, 0.3) is 12.6 Å². The lowest BCUT2D eigenvalue weighted by atomic mass is 9.92. The van der Waals surface area contributed by atoms with Crippen molar-refractivity contribution in [1.29, 1.82) is 0 Å². The van der Waals surface area contributed by atoms with Crippen LogP contribution in [0.15, 0.2) is 54.7 Å². The molecule has 0 unspecified atom stereocenters. The Morgan fingerprint density at radius 1 is 1.18 bits per heavy atom. The third-order valence-electron chi connectivity index (χ3n) is 5.53. The molecule has 2 aromatic carbocycles. The van der Waals surface area contributed by atoms with Gasteiger partial charge in [-0.3, -0.25) is 9.64 Å². The number of rotatable bonds is 8. The summed E-state index contributed by atoms with van der Waals surface area (Å²) in [4.78, 5) is 21.5. The number of nitrogens with one attached hydrogen (secondary N) is 2. The summed E-state index contributed by atoms with van der Waals surface area (Å²) in [5.41, 5.74) is 8.07. The molecule has 7 nitrogen and oxygen atoms in total. The van der Waals surface area contributed by atoms with Crippen LogP contribution in [-0.2, 0) is 6.54 Å². The smallest absolute Gasteiger partial charge is 0.270 e. The van der Waals surface area contributed by atoms with E-state index in [-0.39, 0.29) is 17.7 Å². The van der Waals surface area contributed by atoms with Gasteiger partial charge in [-0.05, 0) is 35.9 Å². The Morgan fingerprint density at radius 3 is 2.64 bits per heavy atom. The van der Waals surface area contributed by atoms with Gasteiger partial charge in [-0.15, -0.1) is 0 Å². The first-order valence-corrected chi connectivity index (χ1v) is 10.3. The second-order valence-electron chi connectivity index (χ2n) is 7.85. The molecule has 33 heavy (non-hydrogen) atoms. The summed E-state index contributed by atoms with van der Waals surface area (Å²) in [6.45, 7) is 9.09. The van der Waals surface area contributed by atoms with E-state index in [1.54, 1.807) is 6.07 Å². The molecule has 0 atom stereocenters. The lowest BCUT2D eigenvalue weighted by Gasteiger charge is -2.35. The summed E-state index contributed by atoms with van der Waals surface area (Å²) < 4.78 is 27.4. The Labute approximate surface area is 190 Å². The lowest BCUT2D eigenvalue weighted by molar-refractivity contribution is 0.100. The molecule has 168 valence electrons. The molecule has 4 N–H and O–H groups in total. The van der Waals surface area contributed by atoms with Gasteiger partial charge in [0.15, 0.2) is 0 Å². The number of carbonyl (C=O) groups excluding carboxylic acids is 1. The summed E-state index contributed by atoms with van der Waals surface area (Å²) in [6.07, 6.45) is 1.34. The number of pyridine rings is 1. The number of benzene rings is 2. The minimum atomic E-state index is -0.687. The average molecular weight is 448 g/mol. The Bertz CT molecular complexity index is 1200. The van der Waals surface area contributed by atoms with Gasteiger partial charge in [0.05, 0.1) is 11.3 Å². The van der Waals surface area contributed by atoms with Gasteiger partial charge in [-0.25, -0.2) is 25.2 Å². The molecule has 0 radical (unpaired) electrons. The van der Waals surface area contributed by atoms with Crippen LogP contribution >= 0.6 is 0 Å². The van der Waals surface area contributed by atoms with E-state index in [1.165, 1.54) is 11.8 Å². The van der Waals surface area contributed by atoms with Gasteiger partial charge in [0, 0.05) is 49.1 Å². The van der Waals surface area contributed by atoms with Crippen molar-refractivity contribution >= 4 is 23.1 Å². The van der Waals surface area contributed by atoms with Crippen LogP contribution in [0.1, 0.15) is 27.4 Å². The van der Waals surface area contributed by atoms with E-state index in [0.717, 1.165) is 37.0 Å². The van der Waals surface area contributed by atoms with E-state index >= 15 is 0 Å². The van der Waals surface area contributed by atoms with Crippen molar-refractivity contribution in [3.63, 3.8) is 0 Å². The third-order valence-corrected chi connectivity index (χ3v) is 5.53. The number of nitrogens with two attached hydrogens (primary N) is 1. The van der Waals surface area contributed by atoms with E-state index < -0.39 is 17.5 Å². The number of likely N-dealkylation sites (tertiary alicyclic amines) is 1. The molecule has 0 aliphatic carbocycles. The highest BCUT2D eigenvalue weighted by atomic mass is 19.1. The van der Waals surface area contributed by atoms with E-state index in [2.05, 4.69) is 25.4 Å². The van der Waals surface area contributed by atoms with Gasteiger partial charge < -0.3 is 16.4 Å². The highest BCUT2D eigenvalue weighted by Crippen LogP contribution is 2.29. The minimum absolute atomic E-state index is 0.0338. The van der Waals surface area contributed by atoms with Crippen molar-refractivity contribution in [1.82, 2.24) is 9.88 Å². The fraction of sp³-hybridized carbons (Fsp3) is 0.208. The molecule has 4 rings (SSSR count). The first-order valence-electron chi connectivity index (χ1n) is 10.3. The number of nitrogens with zero attached hydrogens (tertiary/aromatic N) is 3. The summed E-state index contributed by atoms with van der Waals surface area (Å²) in [5, 5.41) is 6.12. The van der Waals surface area contributed by atoms with Crippen molar-refractivity contribution in [2.24, 2.45) is 5.73 Å². The van der Waals surface area contributed by atoms with Gasteiger partial charge in [0.1, 0.15) is 17.5 Å². The number of carbonyl (C=O) groups is 1. The monoisotopic (exact) mass is 448 g/mol. The summed E-state index contributed by atoms with van der Waals surface area (Å²) in [6, 6.07) is 12.7. The first-order chi connectivity index (χ1) is 15.9. The molecule has 1 fully saturated rings. The molecular weight excluding hydrogens is 426 g/mol. The van der Waals surface area contributed by atoms with Crippen LogP contribution in [0.4, 0.5) is 26.0 Å². The summed E-state index contributed by atoms with van der Waals surface area (Å²) in [7, 11) is 0.